The number of ether oxygens (including phenoxy) is 1. The molecule has 5 rings (SSSR count). The van der Waals surface area contributed by atoms with Crippen molar-refractivity contribution in [3.63, 3.8) is 0 Å². The molecule has 3 heterocycles. The molecule has 1 fully saturated rings. The Kier molecular flexibility index (Phi) is 4.77. The second-order valence-electron chi connectivity index (χ2n) is 7.96. The van der Waals surface area contributed by atoms with Crippen LogP contribution in [0.5, 0.6) is 5.75 Å². The van der Waals surface area contributed by atoms with Crippen LogP contribution in [0, 0.1) is 0 Å². The Labute approximate surface area is 181 Å². The van der Waals surface area contributed by atoms with Gasteiger partial charge in [0.2, 0.25) is 11.8 Å². The van der Waals surface area contributed by atoms with Crippen molar-refractivity contribution in [1.29, 1.82) is 0 Å². The Morgan fingerprint density at radius 2 is 1.94 bits per heavy atom. The van der Waals surface area contributed by atoms with Crippen molar-refractivity contribution in [2.75, 3.05) is 19.7 Å². The van der Waals surface area contributed by atoms with Gasteiger partial charge in [-0.25, -0.2) is 0 Å². The highest BCUT2D eigenvalue weighted by atomic mass is 16.5. The molecule has 3 aromatic rings. The number of aromatic amines is 1. The molecule has 2 atom stereocenters. The number of H-pyrrole nitrogens is 1. The number of hydrogen-bond acceptors (Lipinski definition) is 3. The molecule has 1 unspecified atom stereocenters. The molecule has 0 bridgehead atoms. The Bertz CT molecular complexity index is 1180. The molecule has 158 valence electrons. The molecular weight excluding hydrogens is 390 g/mol. The van der Waals surface area contributed by atoms with Gasteiger partial charge in [-0.15, -0.1) is 6.58 Å². The molecule has 6 nitrogen and oxygen atoms in total. The van der Waals surface area contributed by atoms with E-state index < -0.39 is 12.1 Å². The van der Waals surface area contributed by atoms with Gasteiger partial charge in [0.25, 0.3) is 0 Å². The molecule has 2 aliphatic rings. The van der Waals surface area contributed by atoms with E-state index in [2.05, 4.69) is 17.6 Å². The van der Waals surface area contributed by atoms with Crippen LogP contribution >= 0.6 is 0 Å². The third-order valence-corrected chi connectivity index (χ3v) is 6.21. The second kappa shape index (κ2) is 7.61. The summed E-state index contributed by atoms with van der Waals surface area (Å²) in [6.45, 7) is 6.63. The van der Waals surface area contributed by atoms with Gasteiger partial charge in [0.15, 0.2) is 0 Å². The Morgan fingerprint density at radius 3 is 2.74 bits per heavy atom. The zero-order chi connectivity index (χ0) is 21.5. The molecule has 2 aromatic carbocycles. The van der Waals surface area contributed by atoms with E-state index in [1.807, 2.05) is 49.4 Å². The van der Waals surface area contributed by atoms with Crippen LogP contribution in [-0.4, -0.2) is 52.3 Å². The fraction of sp³-hybridized carbons (Fsp3) is 0.280. The molecule has 1 N–H and O–H groups in total. The molecule has 0 aliphatic carbocycles. The Hall–Kier alpha value is -3.54. The first-order valence-corrected chi connectivity index (χ1v) is 10.7. The maximum Gasteiger partial charge on any atom is 0.246 e. The number of benzene rings is 2. The molecule has 6 heteroatoms. The third-order valence-electron chi connectivity index (χ3n) is 6.21. The van der Waals surface area contributed by atoms with Crippen LogP contribution in [0.1, 0.15) is 29.8 Å². The lowest BCUT2D eigenvalue weighted by Crippen LogP contribution is -2.63. The van der Waals surface area contributed by atoms with Gasteiger partial charge in [-0.2, -0.15) is 0 Å². The van der Waals surface area contributed by atoms with E-state index >= 15 is 0 Å². The molecule has 1 aromatic heterocycles. The number of amides is 2. The standard InChI is InChI=1S/C25H25N3O3/c1-3-13-27-15-22(29)28-20(25(27)30)14-18-16-9-5-7-11-19(16)26-23(18)24(28)17-10-6-8-12-21(17)31-4-2/h3,5-12,20,24,26H,1,4,13-15H2,2H3/t20-,24?/m0/s1. The van der Waals surface area contributed by atoms with E-state index in [1.165, 1.54) is 0 Å². The largest absolute Gasteiger partial charge is 0.494 e. The van der Waals surface area contributed by atoms with Crippen molar-refractivity contribution in [3.8, 4) is 5.75 Å². The van der Waals surface area contributed by atoms with Crippen molar-refractivity contribution in [2.24, 2.45) is 0 Å². The summed E-state index contributed by atoms with van der Waals surface area (Å²) >= 11 is 0. The molecule has 2 amide bonds. The minimum atomic E-state index is -0.549. The minimum Gasteiger partial charge on any atom is -0.494 e. The van der Waals surface area contributed by atoms with E-state index in [-0.39, 0.29) is 18.4 Å². The molecule has 0 spiro atoms. The van der Waals surface area contributed by atoms with Gasteiger partial charge in [0, 0.05) is 35.1 Å². The first-order chi connectivity index (χ1) is 15.1. The molecular formula is C25H25N3O3. The molecule has 31 heavy (non-hydrogen) atoms. The molecule has 0 radical (unpaired) electrons. The lowest BCUT2D eigenvalue weighted by Gasteiger charge is -2.47. The van der Waals surface area contributed by atoms with E-state index in [1.54, 1.807) is 15.9 Å². The SMILES string of the molecule is C=CCN1CC(=O)N2C(c3ccccc3OCC)c3[nH]c4ccccc4c3C[C@H]2C1=O. The summed E-state index contributed by atoms with van der Waals surface area (Å²) in [4.78, 5) is 33.7. The number of piperazine rings is 1. The molecule has 1 saturated heterocycles. The monoisotopic (exact) mass is 415 g/mol. The predicted octanol–water partition coefficient (Wildman–Crippen LogP) is 3.44. The zero-order valence-corrected chi connectivity index (χ0v) is 17.5. The van der Waals surface area contributed by atoms with E-state index in [0.29, 0.717) is 19.6 Å². The van der Waals surface area contributed by atoms with Gasteiger partial charge < -0.3 is 19.5 Å². The average Bonchev–Trinajstić information content (AvgIpc) is 3.15. The topological polar surface area (TPSA) is 65.6 Å². The third kappa shape index (κ3) is 3.02. The first kappa shape index (κ1) is 19.4. The van der Waals surface area contributed by atoms with Crippen LogP contribution < -0.4 is 4.74 Å². The van der Waals surface area contributed by atoms with Crippen LogP contribution in [0.2, 0.25) is 0 Å². The maximum absolute atomic E-state index is 13.4. The van der Waals surface area contributed by atoms with Crippen molar-refractivity contribution in [2.45, 2.75) is 25.4 Å². The van der Waals surface area contributed by atoms with Crippen molar-refractivity contribution in [3.05, 3.63) is 78.0 Å². The Morgan fingerprint density at radius 1 is 1.16 bits per heavy atom. The summed E-state index contributed by atoms with van der Waals surface area (Å²) in [5, 5.41) is 1.09. The summed E-state index contributed by atoms with van der Waals surface area (Å²) in [5.74, 6) is 0.635. The number of hydrogen-bond donors (Lipinski definition) is 1. The van der Waals surface area contributed by atoms with Gasteiger partial charge in [-0.3, -0.25) is 9.59 Å². The van der Waals surface area contributed by atoms with Crippen LogP contribution in [0.15, 0.2) is 61.2 Å². The number of fused-ring (bicyclic) bond motifs is 4. The van der Waals surface area contributed by atoms with E-state index in [4.69, 9.17) is 4.74 Å². The van der Waals surface area contributed by atoms with Crippen LogP contribution in [-0.2, 0) is 16.0 Å². The number of nitrogens with one attached hydrogen (secondary N) is 1. The number of rotatable bonds is 5. The van der Waals surface area contributed by atoms with Crippen LogP contribution in [0.4, 0.5) is 0 Å². The van der Waals surface area contributed by atoms with Gasteiger partial charge in [0.1, 0.15) is 24.4 Å². The predicted molar refractivity (Wildman–Crippen MR) is 119 cm³/mol. The maximum atomic E-state index is 13.4. The average molecular weight is 415 g/mol. The highest BCUT2D eigenvalue weighted by Gasteiger charge is 2.48. The summed E-state index contributed by atoms with van der Waals surface area (Å²) in [5.41, 5.74) is 3.95. The van der Waals surface area contributed by atoms with Gasteiger partial charge >= 0.3 is 0 Å². The summed E-state index contributed by atoms with van der Waals surface area (Å²) in [6, 6.07) is 14.9. The van der Waals surface area contributed by atoms with E-state index in [0.717, 1.165) is 33.5 Å². The van der Waals surface area contributed by atoms with Crippen LogP contribution in [0.3, 0.4) is 0 Å². The minimum absolute atomic E-state index is 0.0330. The number of carbonyl (C=O) groups is 2. The smallest absolute Gasteiger partial charge is 0.246 e. The van der Waals surface area contributed by atoms with Gasteiger partial charge in [0.05, 0.1) is 6.61 Å². The highest BCUT2D eigenvalue weighted by Crippen LogP contribution is 2.44. The van der Waals surface area contributed by atoms with Crippen molar-refractivity contribution < 1.29 is 14.3 Å². The Balaban J connectivity index is 1.73. The summed E-state index contributed by atoms with van der Waals surface area (Å²) in [7, 11) is 0. The number of para-hydroxylation sites is 2. The van der Waals surface area contributed by atoms with Crippen LogP contribution in [0.25, 0.3) is 10.9 Å². The number of carbonyl (C=O) groups excluding carboxylic acids is 2. The summed E-state index contributed by atoms with van der Waals surface area (Å²) in [6.07, 6.45) is 2.16. The van der Waals surface area contributed by atoms with E-state index in [9.17, 15) is 9.59 Å². The highest BCUT2D eigenvalue weighted by molar-refractivity contribution is 5.97. The zero-order valence-electron chi connectivity index (χ0n) is 17.5. The second-order valence-corrected chi connectivity index (χ2v) is 7.96. The van der Waals surface area contributed by atoms with Gasteiger partial charge in [-0.05, 0) is 24.6 Å². The molecule has 0 saturated carbocycles. The quantitative estimate of drug-likeness (QED) is 0.650. The number of nitrogens with zero attached hydrogens (tertiary/aromatic N) is 2. The number of aromatic nitrogens is 1. The fourth-order valence-electron chi connectivity index (χ4n) is 4.95. The van der Waals surface area contributed by atoms with Gasteiger partial charge in [-0.1, -0.05) is 42.5 Å². The normalized spacial score (nSPS) is 20.5. The molecule has 2 aliphatic heterocycles. The van der Waals surface area contributed by atoms with Crippen molar-refractivity contribution in [1.82, 2.24) is 14.8 Å². The fourth-order valence-corrected chi connectivity index (χ4v) is 4.95. The first-order valence-electron chi connectivity index (χ1n) is 10.7. The lowest BCUT2D eigenvalue weighted by atomic mass is 9.86. The van der Waals surface area contributed by atoms with Crippen molar-refractivity contribution >= 4 is 22.7 Å². The lowest BCUT2D eigenvalue weighted by molar-refractivity contribution is -0.158. The summed E-state index contributed by atoms with van der Waals surface area (Å²) < 4.78 is 5.92.